The summed E-state index contributed by atoms with van der Waals surface area (Å²) >= 11 is 1.62. The molecule has 4 nitrogen and oxygen atoms in total. The Bertz CT molecular complexity index is 393. The molecule has 0 aliphatic heterocycles. The molecule has 14 heavy (non-hydrogen) atoms. The molecule has 0 aromatic carbocycles. The van der Waals surface area contributed by atoms with Crippen LogP contribution in [0.5, 0.6) is 0 Å². The second kappa shape index (κ2) is 3.89. The largest absolute Gasteiger partial charge is 0.330 e. The van der Waals surface area contributed by atoms with E-state index in [1.807, 2.05) is 6.20 Å². The maximum Gasteiger partial charge on any atom is 0.126 e. The van der Waals surface area contributed by atoms with Crippen LogP contribution in [0.25, 0.3) is 10.6 Å². The van der Waals surface area contributed by atoms with Crippen LogP contribution in [0.3, 0.4) is 0 Å². The minimum Gasteiger partial charge on any atom is -0.330 e. The van der Waals surface area contributed by atoms with Crippen molar-refractivity contribution in [2.45, 2.75) is 12.8 Å². The highest BCUT2D eigenvalue weighted by atomic mass is 32.1. The van der Waals surface area contributed by atoms with E-state index in [-0.39, 0.29) is 0 Å². The van der Waals surface area contributed by atoms with E-state index in [1.54, 1.807) is 17.5 Å². The van der Waals surface area contributed by atoms with Crippen LogP contribution in [0.2, 0.25) is 0 Å². The Labute approximate surface area is 86.2 Å². The Morgan fingerprint density at radius 1 is 1.64 bits per heavy atom. The first-order valence-corrected chi connectivity index (χ1v) is 5.34. The number of nitrogens with zero attached hydrogens (tertiary/aromatic N) is 2. The van der Waals surface area contributed by atoms with Gasteiger partial charge in [0.1, 0.15) is 5.01 Å². The predicted octanol–water partition coefficient (Wildman–Crippen LogP) is 1.60. The van der Waals surface area contributed by atoms with E-state index in [1.165, 1.54) is 0 Å². The first kappa shape index (κ1) is 9.36. The number of aromatic nitrogens is 3. The first-order chi connectivity index (χ1) is 6.81. The molecule has 2 rings (SSSR count). The third-order valence-electron chi connectivity index (χ3n) is 2.13. The smallest absolute Gasteiger partial charge is 0.126 e. The maximum atomic E-state index is 5.58. The van der Waals surface area contributed by atoms with E-state index in [0.717, 1.165) is 16.3 Å². The summed E-state index contributed by atoms with van der Waals surface area (Å²) in [6, 6.07) is 0. The Kier molecular flexibility index (Phi) is 2.60. The van der Waals surface area contributed by atoms with Gasteiger partial charge in [-0.3, -0.25) is 5.10 Å². The summed E-state index contributed by atoms with van der Waals surface area (Å²) < 4.78 is 0. The number of nitrogens with one attached hydrogen (secondary N) is 1. The Morgan fingerprint density at radius 3 is 3.14 bits per heavy atom. The Morgan fingerprint density at radius 2 is 2.50 bits per heavy atom. The van der Waals surface area contributed by atoms with E-state index in [4.69, 9.17) is 5.73 Å². The molecule has 0 bridgehead atoms. The summed E-state index contributed by atoms with van der Waals surface area (Å²) in [5.41, 5.74) is 7.67. The van der Waals surface area contributed by atoms with Crippen molar-refractivity contribution in [3.05, 3.63) is 23.5 Å². The highest BCUT2D eigenvalue weighted by Crippen LogP contribution is 2.25. The summed E-state index contributed by atoms with van der Waals surface area (Å²) in [6.07, 6.45) is 3.62. The molecule has 2 heterocycles. The molecule has 1 unspecified atom stereocenters. The van der Waals surface area contributed by atoms with Gasteiger partial charge in [0, 0.05) is 29.6 Å². The van der Waals surface area contributed by atoms with Gasteiger partial charge in [0.05, 0.1) is 11.9 Å². The molecule has 1 atom stereocenters. The molecule has 0 aliphatic rings. The number of hydrogen-bond donors (Lipinski definition) is 2. The maximum absolute atomic E-state index is 5.58. The van der Waals surface area contributed by atoms with E-state index in [9.17, 15) is 0 Å². The van der Waals surface area contributed by atoms with Gasteiger partial charge in [0.15, 0.2) is 0 Å². The van der Waals surface area contributed by atoms with Crippen LogP contribution in [-0.2, 0) is 0 Å². The highest BCUT2D eigenvalue weighted by Gasteiger charge is 2.09. The molecule has 0 saturated carbocycles. The van der Waals surface area contributed by atoms with Crippen molar-refractivity contribution in [1.29, 1.82) is 0 Å². The molecule has 2 aromatic rings. The van der Waals surface area contributed by atoms with Gasteiger partial charge in [-0.25, -0.2) is 4.98 Å². The van der Waals surface area contributed by atoms with Crippen LogP contribution in [0.4, 0.5) is 0 Å². The molecular formula is C9H12N4S. The number of aromatic amines is 1. The van der Waals surface area contributed by atoms with Crippen molar-refractivity contribution in [3.8, 4) is 10.6 Å². The molecule has 74 valence electrons. The summed E-state index contributed by atoms with van der Waals surface area (Å²) in [7, 11) is 0. The second-order valence-corrected chi connectivity index (χ2v) is 4.06. The number of H-pyrrole nitrogens is 1. The fourth-order valence-electron chi connectivity index (χ4n) is 1.13. The van der Waals surface area contributed by atoms with Gasteiger partial charge in [-0.05, 0) is 0 Å². The van der Waals surface area contributed by atoms with Crippen LogP contribution < -0.4 is 5.73 Å². The van der Waals surface area contributed by atoms with Crippen LogP contribution >= 0.6 is 11.3 Å². The van der Waals surface area contributed by atoms with E-state index >= 15 is 0 Å². The summed E-state index contributed by atoms with van der Waals surface area (Å²) in [5.74, 6) is 0.326. The molecule has 3 N–H and O–H groups in total. The van der Waals surface area contributed by atoms with Crippen molar-refractivity contribution in [3.63, 3.8) is 0 Å². The summed E-state index contributed by atoms with van der Waals surface area (Å²) in [6.45, 7) is 2.71. The molecule has 2 aromatic heterocycles. The number of hydrogen-bond acceptors (Lipinski definition) is 4. The van der Waals surface area contributed by atoms with Crippen LogP contribution in [0.1, 0.15) is 18.5 Å². The normalized spacial score (nSPS) is 13.0. The zero-order chi connectivity index (χ0) is 9.97. The van der Waals surface area contributed by atoms with Crippen molar-refractivity contribution in [1.82, 2.24) is 15.2 Å². The van der Waals surface area contributed by atoms with E-state index in [2.05, 4.69) is 27.5 Å². The molecule has 0 radical (unpaired) electrons. The average molecular weight is 208 g/mol. The lowest BCUT2D eigenvalue weighted by Crippen LogP contribution is -2.08. The summed E-state index contributed by atoms with van der Waals surface area (Å²) in [4.78, 5) is 4.50. The second-order valence-electron chi connectivity index (χ2n) is 3.20. The van der Waals surface area contributed by atoms with Crippen molar-refractivity contribution in [2.24, 2.45) is 5.73 Å². The lowest BCUT2D eigenvalue weighted by atomic mass is 10.1. The minimum atomic E-state index is 0.326. The zero-order valence-electron chi connectivity index (χ0n) is 7.90. The molecule has 5 heteroatoms. The first-order valence-electron chi connectivity index (χ1n) is 4.46. The SMILES string of the molecule is CC(CN)c1csc(-c2cn[nH]c2)n1. The van der Waals surface area contributed by atoms with Crippen LogP contribution in [-0.4, -0.2) is 21.7 Å². The monoisotopic (exact) mass is 208 g/mol. The molecule has 0 aliphatic carbocycles. The molecular weight excluding hydrogens is 196 g/mol. The molecule has 0 amide bonds. The van der Waals surface area contributed by atoms with Crippen LogP contribution in [0, 0.1) is 0 Å². The fourth-order valence-corrected chi connectivity index (χ4v) is 2.06. The topological polar surface area (TPSA) is 67.6 Å². The highest BCUT2D eigenvalue weighted by molar-refractivity contribution is 7.13. The third-order valence-corrected chi connectivity index (χ3v) is 3.04. The van der Waals surface area contributed by atoms with Crippen LogP contribution in [0.15, 0.2) is 17.8 Å². The molecule has 0 spiro atoms. The lowest BCUT2D eigenvalue weighted by Gasteiger charge is -2.01. The van der Waals surface area contributed by atoms with E-state index in [0.29, 0.717) is 12.5 Å². The zero-order valence-corrected chi connectivity index (χ0v) is 8.71. The van der Waals surface area contributed by atoms with Crippen molar-refractivity contribution in [2.75, 3.05) is 6.54 Å². The third kappa shape index (κ3) is 1.69. The average Bonchev–Trinajstić information content (AvgIpc) is 2.86. The minimum absolute atomic E-state index is 0.326. The lowest BCUT2D eigenvalue weighted by molar-refractivity contribution is 0.752. The van der Waals surface area contributed by atoms with Crippen molar-refractivity contribution >= 4 is 11.3 Å². The van der Waals surface area contributed by atoms with Gasteiger partial charge in [-0.2, -0.15) is 5.10 Å². The number of nitrogens with two attached hydrogens (primary N) is 1. The quantitative estimate of drug-likeness (QED) is 0.805. The van der Waals surface area contributed by atoms with Gasteiger partial charge in [-0.15, -0.1) is 11.3 Å². The van der Waals surface area contributed by atoms with Gasteiger partial charge in [-0.1, -0.05) is 6.92 Å². The van der Waals surface area contributed by atoms with Crippen molar-refractivity contribution < 1.29 is 0 Å². The fraction of sp³-hybridized carbons (Fsp3) is 0.333. The van der Waals surface area contributed by atoms with Gasteiger partial charge in [0.2, 0.25) is 0 Å². The van der Waals surface area contributed by atoms with Gasteiger partial charge < -0.3 is 5.73 Å². The molecule has 0 fully saturated rings. The standard InChI is InChI=1S/C9H12N4S/c1-6(2-10)8-5-14-9(13-8)7-3-11-12-4-7/h3-6H,2,10H2,1H3,(H,11,12). The number of rotatable bonds is 3. The predicted molar refractivity (Wildman–Crippen MR) is 57.2 cm³/mol. The Hall–Kier alpha value is -1.20. The number of thiazole rings is 1. The van der Waals surface area contributed by atoms with E-state index < -0.39 is 0 Å². The molecule has 0 saturated heterocycles. The Balaban J connectivity index is 2.26. The van der Waals surface area contributed by atoms with Gasteiger partial charge >= 0.3 is 0 Å². The van der Waals surface area contributed by atoms with Gasteiger partial charge in [0.25, 0.3) is 0 Å². The summed E-state index contributed by atoms with van der Waals surface area (Å²) in [5, 5.41) is 9.71.